The summed E-state index contributed by atoms with van der Waals surface area (Å²) in [5, 5.41) is 2.99. The molecule has 6 nitrogen and oxygen atoms in total. The lowest BCUT2D eigenvalue weighted by Gasteiger charge is -2.19. The van der Waals surface area contributed by atoms with Crippen molar-refractivity contribution >= 4 is 29.1 Å². The lowest BCUT2D eigenvalue weighted by atomic mass is 10.2. The van der Waals surface area contributed by atoms with Gasteiger partial charge in [-0.1, -0.05) is 17.7 Å². The molecule has 0 saturated heterocycles. The second-order valence-corrected chi connectivity index (χ2v) is 5.94. The van der Waals surface area contributed by atoms with Crippen molar-refractivity contribution in [2.24, 2.45) is 7.05 Å². The Morgan fingerprint density at radius 3 is 2.44 bits per heavy atom. The molecular weight excluding hydrogens is 342 g/mol. The Labute approximate surface area is 151 Å². The molecule has 0 saturated carbocycles. The van der Waals surface area contributed by atoms with Gasteiger partial charge in [-0.25, -0.2) is 0 Å². The van der Waals surface area contributed by atoms with Crippen molar-refractivity contribution in [1.29, 1.82) is 0 Å². The molecule has 0 aliphatic heterocycles. The molecule has 0 aliphatic rings. The van der Waals surface area contributed by atoms with Gasteiger partial charge in [0.15, 0.2) is 0 Å². The van der Waals surface area contributed by atoms with Crippen molar-refractivity contribution in [3.8, 4) is 0 Å². The summed E-state index contributed by atoms with van der Waals surface area (Å²) in [7, 11) is 1.54. The average molecular weight is 362 g/mol. The Morgan fingerprint density at radius 1 is 1.16 bits per heavy atom. The molecule has 25 heavy (non-hydrogen) atoms. The van der Waals surface area contributed by atoms with E-state index < -0.39 is 11.5 Å². The second kappa shape index (κ2) is 7.98. The number of hydrogen-bond donors (Lipinski definition) is 1. The van der Waals surface area contributed by atoms with Crippen LogP contribution in [-0.2, 0) is 7.05 Å². The number of hydrogen-bond acceptors (Lipinski definition) is 3. The van der Waals surface area contributed by atoms with E-state index in [9.17, 15) is 14.4 Å². The molecule has 0 spiro atoms. The van der Waals surface area contributed by atoms with Crippen molar-refractivity contribution in [2.75, 3.05) is 18.4 Å². The summed E-state index contributed by atoms with van der Waals surface area (Å²) >= 11 is 5.89. The molecule has 132 valence electrons. The van der Waals surface area contributed by atoms with E-state index in [0.717, 1.165) is 0 Å². The highest BCUT2D eigenvalue weighted by atomic mass is 35.5. The normalized spacial score (nSPS) is 10.4. The number of nitrogens with zero attached hydrogens (tertiary/aromatic N) is 2. The molecule has 1 heterocycles. The maximum absolute atomic E-state index is 12.5. The zero-order valence-corrected chi connectivity index (χ0v) is 15.1. The van der Waals surface area contributed by atoms with Crippen LogP contribution in [0.2, 0.25) is 5.02 Å². The van der Waals surface area contributed by atoms with Gasteiger partial charge in [-0.3, -0.25) is 14.4 Å². The lowest BCUT2D eigenvalue weighted by Crippen LogP contribution is -2.32. The first-order valence-electron chi connectivity index (χ1n) is 7.94. The number of carbonyl (C=O) groups is 2. The summed E-state index contributed by atoms with van der Waals surface area (Å²) in [6.45, 7) is 4.88. The minimum Gasteiger partial charge on any atom is -0.339 e. The first-order chi connectivity index (χ1) is 11.9. The van der Waals surface area contributed by atoms with Crippen LogP contribution in [0, 0.1) is 0 Å². The van der Waals surface area contributed by atoms with E-state index in [1.54, 1.807) is 23.1 Å². The van der Waals surface area contributed by atoms with Gasteiger partial charge in [0.2, 0.25) is 0 Å². The van der Waals surface area contributed by atoms with Gasteiger partial charge in [-0.15, -0.1) is 0 Å². The van der Waals surface area contributed by atoms with Crippen LogP contribution < -0.4 is 10.9 Å². The van der Waals surface area contributed by atoms with Gasteiger partial charge in [-0.05, 0) is 38.1 Å². The third-order valence-corrected chi connectivity index (χ3v) is 4.05. The van der Waals surface area contributed by atoms with Crippen LogP contribution >= 0.6 is 11.6 Å². The van der Waals surface area contributed by atoms with Crippen molar-refractivity contribution in [3.63, 3.8) is 0 Å². The standard InChI is InChI=1S/C18H20ClN3O3/c1-4-22(5-2)17(24)13-10-15(18(25)21(3)11-13)20-16(23)12-7-6-8-14(19)9-12/h6-11H,4-5H2,1-3H3,(H,20,23). The van der Waals surface area contributed by atoms with E-state index in [1.165, 1.54) is 29.9 Å². The summed E-state index contributed by atoms with van der Waals surface area (Å²) < 4.78 is 1.28. The molecule has 1 N–H and O–H groups in total. The molecule has 2 aromatic rings. The Morgan fingerprint density at radius 2 is 1.84 bits per heavy atom. The fourth-order valence-electron chi connectivity index (χ4n) is 2.44. The molecule has 0 aliphatic carbocycles. The zero-order valence-electron chi connectivity index (χ0n) is 14.4. The Hall–Kier alpha value is -2.60. The van der Waals surface area contributed by atoms with Crippen LogP contribution in [-0.4, -0.2) is 34.4 Å². The SMILES string of the molecule is CCN(CC)C(=O)c1cc(NC(=O)c2cccc(Cl)c2)c(=O)n(C)c1. The highest BCUT2D eigenvalue weighted by Crippen LogP contribution is 2.13. The molecule has 1 aromatic carbocycles. The number of carbonyl (C=O) groups excluding carboxylic acids is 2. The average Bonchev–Trinajstić information content (AvgIpc) is 2.59. The Kier molecular flexibility index (Phi) is 5.98. The number of rotatable bonds is 5. The lowest BCUT2D eigenvalue weighted by molar-refractivity contribution is 0.0771. The first kappa shape index (κ1) is 18.7. The van der Waals surface area contributed by atoms with Crippen LogP contribution in [0.1, 0.15) is 34.6 Å². The number of aryl methyl sites for hydroxylation is 1. The minimum atomic E-state index is -0.466. The Balaban J connectivity index is 2.36. The number of amides is 2. The molecule has 0 bridgehead atoms. The van der Waals surface area contributed by atoms with Crippen molar-refractivity contribution in [2.45, 2.75) is 13.8 Å². The minimum absolute atomic E-state index is 0.0467. The molecule has 0 unspecified atom stereocenters. The maximum atomic E-state index is 12.5. The van der Waals surface area contributed by atoms with Gasteiger partial charge in [-0.2, -0.15) is 0 Å². The second-order valence-electron chi connectivity index (χ2n) is 5.50. The van der Waals surface area contributed by atoms with Gasteiger partial charge in [0.05, 0.1) is 5.56 Å². The van der Waals surface area contributed by atoms with Crippen molar-refractivity contribution in [1.82, 2.24) is 9.47 Å². The molecule has 0 radical (unpaired) electrons. The number of aromatic nitrogens is 1. The number of halogens is 1. The predicted molar refractivity (Wildman–Crippen MR) is 98.3 cm³/mol. The van der Waals surface area contributed by atoms with Crippen LogP contribution in [0.25, 0.3) is 0 Å². The fourth-order valence-corrected chi connectivity index (χ4v) is 2.63. The maximum Gasteiger partial charge on any atom is 0.274 e. The monoisotopic (exact) mass is 361 g/mol. The molecule has 2 amide bonds. The van der Waals surface area contributed by atoms with E-state index in [-0.39, 0.29) is 11.6 Å². The van der Waals surface area contributed by atoms with Gasteiger partial charge in [0.1, 0.15) is 5.69 Å². The Bertz CT molecular complexity index is 857. The smallest absolute Gasteiger partial charge is 0.274 e. The number of pyridine rings is 1. The van der Waals surface area contributed by atoms with Crippen LogP contribution in [0.15, 0.2) is 41.3 Å². The van der Waals surface area contributed by atoms with Crippen LogP contribution in [0.3, 0.4) is 0 Å². The largest absolute Gasteiger partial charge is 0.339 e. The topological polar surface area (TPSA) is 71.4 Å². The highest BCUT2D eigenvalue weighted by Gasteiger charge is 2.17. The van der Waals surface area contributed by atoms with Crippen LogP contribution in [0.4, 0.5) is 5.69 Å². The summed E-state index contributed by atoms with van der Waals surface area (Å²) in [4.78, 5) is 38.8. The number of benzene rings is 1. The van der Waals surface area contributed by atoms with Crippen molar-refractivity contribution in [3.05, 3.63) is 63.0 Å². The van der Waals surface area contributed by atoms with Gasteiger partial charge >= 0.3 is 0 Å². The van der Waals surface area contributed by atoms with E-state index >= 15 is 0 Å². The van der Waals surface area contributed by atoms with Gasteiger partial charge in [0, 0.05) is 36.9 Å². The van der Waals surface area contributed by atoms with Crippen LogP contribution in [0.5, 0.6) is 0 Å². The molecule has 0 atom stereocenters. The fraction of sp³-hybridized carbons (Fsp3) is 0.278. The number of nitrogens with one attached hydrogen (secondary N) is 1. The highest BCUT2D eigenvalue weighted by molar-refractivity contribution is 6.31. The summed E-state index contributed by atoms with van der Waals surface area (Å²) in [6.07, 6.45) is 1.47. The third-order valence-electron chi connectivity index (χ3n) is 3.82. The van der Waals surface area contributed by atoms with E-state index in [0.29, 0.717) is 29.2 Å². The third kappa shape index (κ3) is 4.28. The van der Waals surface area contributed by atoms with E-state index in [1.807, 2.05) is 13.8 Å². The predicted octanol–water partition coefficient (Wildman–Crippen LogP) is 2.77. The van der Waals surface area contributed by atoms with E-state index in [4.69, 9.17) is 11.6 Å². The summed E-state index contributed by atoms with van der Waals surface area (Å²) in [5.41, 5.74) is 0.319. The van der Waals surface area contributed by atoms with Gasteiger partial charge in [0.25, 0.3) is 17.4 Å². The molecule has 2 rings (SSSR count). The molecule has 1 aromatic heterocycles. The van der Waals surface area contributed by atoms with Gasteiger partial charge < -0.3 is 14.8 Å². The zero-order chi connectivity index (χ0) is 18.6. The summed E-state index contributed by atoms with van der Waals surface area (Å²) in [6, 6.07) is 7.81. The quantitative estimate of drug-likeness (QED) is 0.890. The first-order valence-corrected chi connectivity index (χ1v) is 8.32. The summed E-state index contributed by atoms with van der Waals surface area (Å²) in [5.74, 6) is -0.661. The van der Waals surface area contributed by atoms with E-state index in [2.05, 4.69) is 5.32 Å². The molecule has 0 fully saturated rings. The molecular formula is C18H20ClN3O3. The van der Waals surface area contributed by atoms with Crippen molar-refractivity contribution < 1.29 is 9.59 Å². The number of anilines is 1. The molecule has 7 heteroatoms.